The maximum absolute atomic E-state index is 12.1. The molecule has 0 unspecified atom stereocenters. The average molecular weight is 216 g/mol. The first kappa shape index (κ1) is 12.7. The molecule has 0 radical (unpaired) electrons. The number of unbranched alkanes of at least 4 members (excludes halogenated alkanes) is 2. The topological polar surface area (TPSA) is 17.1 Å². The van der Waals surface area contributed by atoms with Gasteiger partial charge in [-0.25, -0.2) is 0 Å². The monoisotopic (exact) mass is 216 g/mol. The summed E-state index contributed by atoms with van der Waals surface area (Å²) in [6.07, 6.45) is 6.34. The van der Waals surface area contributed by atoms with Crippen molar-refractivity contribution in [1.29, 1.82) is 0 Å². The Morgan fingerprint density at radius 3 is 2.44 bits per heavy atom. The second-order valence-corrected chi connectivity index (χ2v) is 3.97. The number of Topliss-reactive ketones (excluding diaryl/α,β-unsaturated/α-hetero) is 1. The molecule has 0 atom stereocenters. The smallest absolute Gasteiger partial charge is 0.188 e. The molecule has 0 aliphatic heterocycles. The molecule has 0 aromatic heterocycles. The van der Waals surface area contributed by atoms with Crippen LogP contribution in [0.4, 0.5) is 0 Å². The van der Waals surface area contributed by atoms with Gasteiger partial charge in [-0.2, -0.15) is 0 Å². The van der Waals surface area contributed by atoms with Gasteiger partial charge in [-0.05, 0) is 25.3 Å². The van der Waals surface area contributed by atoms with Crippen LogP contribution in [0.25, 0.3) is 0 Å². The lowest BCUT2D eigenvalue weighted by Crippen LogP contribution is -2.03. The van der Waals surface area contributed by atoms with Gasteiger partial charge in [0.1, 0.15) is 0 Å². The van der Waals surface area contributed by atoms with Crippen LogP contribution in [0.2, 0.25) is 0 Å². The van der Waals surface area contributed by atoms with Crippen LogP contribution in [0.15, 0.2) is 42.0 Å². The number of carbonyl (C=O) groups is 1. The second-order valence-electron chi connectivity index (χ2n) is 3.97. The summed E-state index contributed by atoms with van der Waals surface area (Å²) in [5.74, 6) is 0.180. The number of carbonyl (C=O) groups excluding carboxylic acids is 1. The van der Waals surface area contributed by atoms with Gasteiger partial charge in [0.25, 0.3) is 0 Å². The SMILES string of the molecule is C/C=C(\CCCCC)C(=O)c1ccccc1. The number of benzene rings is 1. The molecule has 86 valence electrons. The summed E-state index contributed by atoms with van der Waals surface area (Å²) in [5, 5.41) is 0. The van der Waals surface area contributed by atoms with Crippen molar-refractivity contribution in [3.8, 4) is 0 Å². The summed E-state index contributed by atoms with van der Waals surface area (Å²) in [5.41, 5.74) is 1.74. The molecule has 0 heterocycles. The molecule has 0 aliphatic carbocycles. The van der Waals surface area contributed by atoms with E-state index in [0.717, 1.165) is 24.0 Å². The predicted octanol–water partition coefficient (Wildman–Crippen LogP) is 4.40. The predicted molar refractivity (Wildman–Crippen MR) is 68.7 cm³/mol. The van der Waals surface area contributed by atoms with Gasteiger partial charge in [-0.1, -0.05) is 56.2 Å². The lowest BCUT2D eigenvalue weighted by atomic mass is 9.98. The third-order valence-corrected chi connectivity index (χ3v) is 2.73. The molecule has 1 aromatic rings. The van der Waals surface area contributed by atoms with E-state index in [0.29, 0.717) is 0 Å². The van der Waals surface area contributed by atoms with Crippen molar-refractivity contribution < 1.29 is 4.79 Å². The lowest BCUT2D eigenvalue weighted by Gasteiger charge is -2.05. The van der Waals surface area contributed by atoms with Gasteiger partial charge < -0.3 is 0 Å². The number of ketones is 1. The van der Waals surface area contributed by atoms with Crippen molar-refractivity contribution in [3.63, 3.8) is 0 Å². The molecule has 0 aliphatic rings. The first-order valence-corrected chi connectivity index (χ1v) is 6.04. The Morgan fingerprint density at radius 2 is 1.88 bits per heavy atom. The van der Waals surface area contributed by atoms with Crippen LogP contribution >= 0.6 is 0 Å². The van der Waals surface area contributed by atoms with E-state index in [2.05, 4.69) is 6.92 Å². The fourth-order valence-corrected chi connectivity index (χ4v) is 1.73. The Morgan fingerprint density at radius 1 is 1.19 bits per heavy atom. The van der Waals surface area contributed by atoms with Crippen molar-refractivity contribution in [3.05, 3.63) is 47.5 Å². The third kappa shape index (κ3) is 3.65. The molecule has 0 N–H and O–H groups in total. The Labute approximate surface area is 98.2 Å². The molecular formula is C15H20O. The van der Waals surface area contributed by atoms with E-state index in [1.54, 1.807) is 0 Å². The molecule has 1 aromatic carbocycles. The molecule has 1 nitrogen and oxygen atoms in total. The Kier molecular flexibility index (Phi) is 5.55. The molecule has 16 heavy (non-hydrogen) atoms. The van der Waals surface area contributed by atoms with Crippen LogP contribution < -0.4 is 0 Å². The largest absolute Gasteiger partial charge is 0.289 e. The minimum absolute atomic E-state index is 0.180. The Balaban J connectivity index is 2.64. The highest BCUT2D eigenvalue weighted by molar-refractivity contribution is 6.08. The number of hydrogen-bond donors (Lipinski definition) is 0. The molecule has 0 fully saturated rings. The summed E-state index contributed by atoms with van der Waals surface area (Å²) < 4.78 is 0. The first-order valence-electron chi connectivity index (χ1n) is 6.04. The van der Waals surface area contributed by atoms with Crippen LogP contribution in [-0.2, 0) is 0 Å². The van der Waals surface area contributed by atoms with Crippen LogP contribution in [0.1, 0.15) is 49.9 Å². The minimum atomic E-state index is 0.180. The normalized spacial score (nSPS) is 11.5. The molecule has 0 saturated carbocycles. The van der Waals surface area contributed by atoms with Gasteiger partial charge in [-0.15, -0.1) is 0 Å². The summed E-state index contributed by atoms with van der Waals surface area (Å²) in [6, 6.07) is 9.51. The fourth-order valence-electron chi connectivity index (χ4n) is 1.73. The summed E-state index contributed by atoms with van der Waals surface area (Å²) in [7, 11) is 0. The first-order chi connectivity index (χ1) is 7.79. The van der Waals surface area contributed by atoms with Gasteiger partial charge in [0.05, 0.1) is 0 Å². The molecule has 1 heteroatoms. The zero-order valence-corrected chi connectivity index (χ0v) is 10.2. The van der Waals surface area contributed by atoms with Gasteiger partial charge in [0, 0.05) is 5.56 Å². The van der Waals surface area contributed by atoms with Crippen molar-refractivity contribution in [2.75, 3.05) is 0 Å². The highest BCUT2D eigenvalue weighted by Gasteiger charge is 2.09. The third-order valence-electron chi connectivity index (χ3n) is 2.73. The second kappa shape index (κ2) is 7.00. The summed E-state index contributed by atoms with van der Waals surface area (Å²) in [6.45, 7) is 4.12. The summed E-state index contributed by atoms with van der Waals surface area (Å²) >= 11 is 0. The molecule has 1 rings (SSSR count). The van der Waals surface area contributed by atoms with E-state index >= 15 is 0 Å². The van der Waals surface area contributed by atoms with Gasteiger partial charge in [0.15, 0.2) is 5.78 Å². The number of allylic oxidation sites excluding steroid dienone is 2. The van der Waals surface area contributed by atoms with E-state index in [-0.39, 0.29) is 5.78 Å². The van der Waals surface area contributed by atoms with Crippen LogP contribution in [0.5, 0.6) is 0 Å². The van der Waals surface area contributed by atoms with Gasteiger partial charge in [-0.3, -0.25) is 4.79 Å². The maximum Gasteiger partial charge on any atom is 0.188 e. The van der Waals surface area contributed by atoms with E-state index in [9.17, 15) is 4.79 Å². The van der Waals surface area contributed by atoms with E-state index in [1.165, 1.54) is 12.8 Å². The van der Waals surface area contributed by atoms with Crippen molar-refractivity contribution in [2.45, 2.75) is 39.5 Å². The van der Waals surface area contributed by atoms with Crippen LogP contribution in [-0.4, -0.2) is 5.78 Å². The van der Waals surface area contributed by atoms with Crippen molar-refractivity contribution in [2.24, 2.45) is 0 Å². The number of hydrogen-bond acceptors (Lipinski definition) is 1. The van der Waals surface area contributed by atoms with Gasteiger partial charge >= 0.3 is 0 Å². The molecule has 0 bridgehead atoms. The van der Waals surface area contributed by atoms with E-state index < -0.39 is 0 Å². The zero-order chi connectivity index (χ0) is 11.8. The molecule has 0 amide bonds. The average Bonchev–Trinajstić information content (AvgIpc) is 2.35. The minimum Gasteiger partial charge on any atom is -0.289 e. The van der Waals surface area contributed by atoms with E-state index in [4.69, 9.17) is 0 Å². The highest BCUT2D eigenvalue weighted by Crippen LogP contribution is 2.15. The van der Waals surface area contributed by atoms with Crippen LogP contribution in [0, 0.1) is 0 Å². The van der Waals surface area contributed by atoms with Crippen molar-refractivity contribution in [1.82, 2.24) is 0 Å². The molecule has 0 saturated heterocycles. The Hall–Kier alpha value is -1.37. The summed E-state index contributed by atoms with van der Waals surface area (Å²) in [4.78, 5) is 12.1. The highest BCUT2D eigenvalue weighted by atomic mass is 16.1. The zero-order valence-electron chi connectivity index (χ0n) is 10.2. The maximum atomic E-state index is 12.1. The van der Waals surface area contributed by atoms with E-state index in [1.807, 2.05) is 43.3 Å². The number of rotatable bonds is 6. The molecule has 0 spiro atoms. The quantitative estimate of drug-likeness (QED) is 0.391. The van der Waals surface area contributed by atoms with Gasteiger partial charge in [0.2, 0.25) is 0 Å². The van der Waals surface area contributed by atoms with Crippen LogP contribution in [0.3, 0.4) is 0 Å². The van der Waals surface area contributed by atoms with Crippen molar-refractivity contribution >= 4 is 5.78 Å². The molecular weight excluding hydrogens is 196 g/mol. The fraction of sp³-hybridized carbons (Fsp3) is 0.400. The lowest BCUT2D eigenvalue weighted by molar-refractivity contribution is 0.103. The Bertz CT molecular complexity index is 349. The standard InChI is InChI=1S/C15H20O/c1-3-5-7-10-13(4-2)15(16)14-11-8-6-9-12-14/h4,6,8-9,11-12H,3,5,7,10H2,1-2H3/b13-4+.